The van der Waals surface area contributed by atoms with Gasteiger partial charge in [0.2, 0.25) is 0 Å². The largest absolute Gasteiger partial charge is 0.588 e. The first-order valence-electron chi connectivity index (χ1n) is 4.15. The van der Waals surface area contributed by atoms with Gasteiger partial charge in [0.25, 0.3) is 0 Å². The number of hydrogen-bond donors (Lipinski definition) is 0. The van der Waals surface area contributed by atoms with Crippen molar-refractivity contribution in [2.75, 3.05) is 0 Å². The molecule has 0 amide bonds. The van der Waals surface area contributed by atoms with Gasteiger partial charge < -0.3 is 9.05 Å². The summed E-state index contributed by atoms with van der Waals surface area (Å²) in [4.78, 5) is 0. The third kappa shape index (κ3) is 0.422. The first kappa shape index (κ1) is 6.06. The Morgan fingerprint density at radius 2 is 2.42 bits per heavy atom. The fourth-order valence-electron chi connectivity index (χ4n) is 2.72. The molecule has 2 fully saturated rings. The van der Waals surface area contributed by atoms with Crippen LogP contribution < -0.4 is 0 Å². The molecule has 0 aromatic heterocycles. The van der Waals surface area contributed by atoms with Crippen molar-refractivity contribution in [3.05, 3.63) is 11.5 Å². The predicted molar refractivity (Wildman–Crippen MR) is 38.0 cm³/mol. The third-order valence-corrected chi connectivity index (χ3v) is 4.58. The van der Waals surface area contributed by atoms with E-state index in [1.54, 1.807) is 0 Å². The summed E-state index contributed by atoms with van der Waals surface area (Å²) in [6, 6.07) is 0. The zero-order valence-electron chi connectivity index (χ0n) is 6.28. The Bertz CT molecular complexity index is 368. The van der Waals surface area contributed by atoms with Crippen molar-refractivity contribution in [2.24, 2.45) is 5.92 Å². The second kappa shape index (κ2) is 1.36. The Labute approximate surface area is 69.1 Å². The molecule has 1 saturated carbocycles. The molecule has 1 saturated heterocycles. The van der Waals surface area contributed by atoms with Crippen molar-refractivity contribution in [3.63, 3.8) is 0 Å². The van der Waals surface area contributed by atoms with Gasteiger partial charge in [-0.05, 0) is 19.3 Å². The topological polar surface area (TPSA) is 44.8 Å². The molecular formula is C7H7O4P. The average Bonchev–Trinajstić information content (AvgIpc) is 2.58. The van der Waals surface area contributed by atoms with E-state index in [1.807, 2.05) is 0 Å². The molecule has 64 valence electrons. The lowest BCUT2D eigenvalue weighted by atomic mass is 10.0. The highest BCUT2D eigenvalue weighted by atomic mass is 31.2. The molecule has 4 nitrogen and oxygen atoms in total. The van der Waals surface area contributed by atoms with E-state index >= 15 is 0 Å². The van der Waals surface area contributed by atoms with Crippen LogP contribution in [0.5, 0.6) is 0 Å². The van der Waals surface area contributed by atoms with E-state index in [-0.39, 0.29) is 5.60 Å². The normalized spacial score (nSPS) is 57.8. The SMILES string of the molecule is O=P12OC3=C(O1)C1(CCC3C1)O2. The minimum absolute atomic E-state index is 0.326. The molecule has 5 heteroatoms. The minimum Gasteiger partial charge on any atom is -0.396 e. The molecule has 4 rings (SSSR count). The molecule has 4 aliphatic rings. The van der Waals surface area contributed by atoms with Crippen LogP contribution in [0.15, 0.2) is 11.5 Å². The van der Waals surface area contributed by atoms with Gasteiger partial charge >= 0.3 is 7.82 Å². The van der Waals surface area contributed by atoms with Crippen LogP contribution in [-0.4, -0.2) is 5.60 Å². The van der Waals surface area contributed by atoms with Gasteiger partial charge in [0, 0.05) is 5.92 Å². The van der Waals surface area contributed by atoms with Gasteiger partial charge in [-0.2, -0.15) is 0 Å². The molecule has 12 heavy (non-hydrogen) atoms. The summed E-state index contributed by atoms with van der Waals surface area (Å²) in [6.45, 7) is 0. The summed E-state index contributed by atoms with van der Waals surface area (Å²) in [5, 5.41) is 0. The molecule has 3 unspecified atom stereocenters. The number of hydrogen-bond acceptors (Lipinski definition) is 4. The monoisotopic (exact) mass is 186 g/mol. The highest BCUT2D eigenvalue weighted by Crippen LogP contribution is 2.78. The number of allylic oxidation sites excluding steroid dienone is 1. The van der Waals surface area contributed by atoms with Crippen LogP contribution in [0.25, 0.3) is 0 Å². The standard InChI is InChI=1S/C7H7O4P/c8-12-9-5-4-1-2-7(3-4,11-12)6(5)10-12/h4H,1-3H2. The van der Waals surface area contributed by atoms with Crippen LogP contribution in [0.4, 0.5) is 0 Å². The number of phosphoric acid groups is 1. The minimum atomic E-state index is -3.15. The van der Waals surface area contributed by atoms with Gasteiger partial charge in [0.15, 0.2) is 11.5 Å². The molecule has 0 N–H and O–H groups in total. The summed E-state index contributed by atoms with van der Waals surface area (Å²) in [5.41, 5.74) is -0.326. The molecule has 3 atom stereocenters. The van der Waals surface area contributed by atoms with Gasteiger partial charge in [-0.3, -0.25) is 4.52 Å². The van der Waals surface area contributed by atoms with Gasteiger partial charge in [0.1, 0.15) is 5.60 Å². The fraction of sp³-hybridized carbons (Fsp3) is 0.714. The van der Waals surface area contributed by atoms with Crippen LogP contribution in [0.1, 0.15) is 19.3 Å². The smallest absolute Gasteiger partial charge is 0.396 e. The van der Waals surface area contributed by atoms with Crippen LogP contribution in [-0.2, 0) is 18.1 Å². The molecule has 0 aromatic carbocycles. The lowest BCUT2D eigenvalue weighted by molar-refractivity contribution is 0.109. The molecular weight excluding hydrogens is 179 g/mol. The van der Waals surface area contributed by atoms with Crippen molar-refractivity contribution in [2.45, 2.75) is 24.9 Å². The molecule has 0 aromatic rings. The van der Waals surface area contributed by atoms with E-state index in [2.05, 4.69) is 0 Å². The van der Waals surface area contributed by atoms with E-state index in [1.165, 1.54) is 0 Å². The van der Waals surface area contributed by atoms with Crippen molar-refractivity contribution in [1.82, 2.24) is 0 Å². The van der Waals surface area contributed by atoms with Crippen molar-refractivity contribution in [1.29, 1.82) is 0 Å². The summed E-state index contributed by atoms with van der Waals surface area (Å²) < 4.78 is 27.3. The van der Waals surface area contributed by atoms with Crippen LogP contribution in [0.3, 0.4) is 0 Å². The summed E-state index contributed by atoms with van der Waals surface area (Å²) in [6.07, 6.45) is 2.95. The van der Waals surface area contributed by atoms with E-state index in [9.17, 15) is 4.57 Å². The van der Waals surface area contributed by atoms with Crippen molar-refractivity contribution in [3.8, 4) is 0 Å². The van der Waals surface area contributed by atoms with Crippen LogP contribution >= 0.6 is 7.82 Å². The second-order valence-electron chi connectivity index (χ2n) is 3.85. The zero-order valence-corrected chi connectivity index (χ0v) is 7.17. The Balaban J connectivity index is 2.06. The fourth-order valence-corrected chi connectivity index (χ4v) is 4.46. The third-order valence-electron chi connectivity index (χ3n) is 3.18. The second-order valence-corrected chi connectivity index (χ2v) is 5.29. The Morgan fingerprint density at radius 3 is 3.08 bits per heavy atom. The molecule has 2 aliphatic carbocycles. The first-order valence-corrected chi connectivity index (χ1v) is 5.62. The average molecular weight is 186 g/mol. The Hall–Kier alpha value is -0.470. The zero-order chi connectivity index (χ0) is 7.97. The Morgan fingerprint density at radius 1 is 1.50 bits per heavy atom. The molecule has 2 heterocycles. The molecule has 0 radical (unpaired) electrons. The highest BCUT2D eigenvalue weighted by molar-refractivity contribution is 7.49. The quantitative estimate of drug-likeness (QED) is 0.542. The van der Waals surface area contributed by atoms with Gasteiger partial charge in [-0.25, -0.2) is 4.57 Å². The van der Waals surface area contributed by atoms with Crippen LogP contribution in [0.2, 0.25) is 0 Å². The van der Waals surface area contributed by atoms with Crippen molar-refractivity contribution < 1.29 is 18.1 Å². The van der Waals surface area contributed by atoms with E-state index in [0.29, 0.717) is 5.92 Å². The maximum absolute atomic E-state index is 11.6. The lowest BCUT2D eigenvalue weighted by Crippen LogP contribution is -2.25. The maximum Gasteiger partial charge on any atom is 0.588 e. The maximum atomic E-state index is 11.6. The molecule has 4 bridgehead atoms. The van der Waals surface area contributed by atoms with Gasteiger partial charge in [0.05, 0.1) is 0 Å². The number of rotatable bonds is 0. The number of phosphoric ester groups is 1. The van der Waals surface area contributed by atoms with Gasteiger partial charge in [-0.1, -0.05) is 0 Å². The number of fused-ring (bicyclic) bond motifs is 3. The van der Waals surface area contributed by atoms with E-state index < -0.39 is 7.82 Å². The summed E-state index contributed by atoms with van der Waals surface area (Å²) in [7, 11) is -3.15. The highest BCUT2D eigenvalue weighted by Gasteiger charge is 2.70. The van der Waals surface area contributed by atoms with Gasteiger partial charge in [-0.15, -0.1) is 0 Å². The summed E-state index contributed by atoms with van der Waals surface area (Å²) >= 11 is 0. The van der Waals surface area contributed by atoms with E-state index in [0.717, 1.165) is 30.8 Å². The van der Waals surface area contributed by atoms with Crippen LogP contribution in [0, 0.1) is 5.92 Å². The first-order chi connectivity index (χ1) is 5.71. The predicted octanol–water partition coefficient (Wildman–Crippen LogP) is 1.94. The molecule has 1 spiro atoms. The lowest BCUT2D eigenvalue weighted by Gasteiger charge is -2.21. The summed E-state index contributed by atoms with van der Waals surface area (Å²) in [5.74, 6) is 2.00. The van der Waals surface area contributed by atoms with Crippen molar-refractivity contribution >= 4 is 7.82 Å². The Kier molecular flexibility index (Phi) is 0.686. The molecule has 2 aliphatic heterocycles. The van der Waals surface area contributed by atoms with E-state index in [4.69, 9.17) is 13.6 Å².